The Morgan fingerprint density at radius 1 is 1.05 bits per heavy atom. The van der Waals surface area contributed by atoms with E-state index in [0.717, 1.165) is 10.7 Å². The lowest BCUT2D eigenvalue weighted by Gasteiger charge is -2.13. The summed E-state index contributed by atoms with van der Waals surface area (Å²) in [5.41, 5.74) is 1.09. The van der Waals surface area contributed by atoms with Crippen LogP contribution in [0.15, 0.2) is 54.6 Å². The van der Waals surface area contributed by atoms with Gasteiger partial charge >= 0.3 is 0 Å². The monoisotopic (exact) mass is 287 g/mol. The van der Waals surface area contributed by atoms with E-state index in [9.17, 15) is 0 Å². The van der Waals surface area contributed by atoms with Crippen molar-refractivity contribution in [3.05, 3.63) is 64.5 Å². The summed E-state index contributed by atoms with van der Waals surface area (Å²) in [6.07, 6.45) is 0. The molecule has 3 aromatic rings. The molecule has 96 valence electrons. The number of benzene rings is 2. The van der Waals surface area contributed by atoms with Crippen molar-refractivity contribution >= 4 is 38.7 Å². The van der Waals surface area contributed by atoms with E-state index in [4.69, 9.17) is 11.6 Å². The third-order valence-corrected chi connectivity index (χ3v) is 4.65. The van der Waals surface area contributed by atoms with Gasteiger partial charge in [0.15, 0.2) is 0 Å². The zero-order valence-corrected chi connectivity index (χ0v) is 12.1. The Labute approximate surface area is 121 Å². The predicted octanol–water partition coefficient (Wildman–Crippen LogP) is 5.73. The maximum Gasteiger partial charge on any atom is 0.0578 e. The summed E-state index contributed by atoms with van der Waals surface area (Å²) in [6, 6.07) is 18.9. The summed E-state index contributed by atoms with van der Waals surface area (Å²) < 4.78 is 1.34. The van der Waals surface area contributed by atoms with Gasteiger partial charge in [0, 0.05) is 20.3 Å². The maximum absolute atomic E-state index is 5.89. The number of thiophene rings is 1. The van der Waals surface area contributed by atoms with Gasteiger partial charge in [-0.05, 0) is 48.7 Å². The molecule has 3 heteroatoms. The molecular formula is C16H14ClNS. The molecule has 0 aliphatic carbocycles. The summed E-state index contributed by atoms with van der Waals surface area (Å²) in [5, 5.41) is 5.57. The molecule has 1 atom stereocenters. The predicted molar refractivity (Wildman–Crippen MR) is 85.3 cm³/mol. The molecule has 1 unspecified atom stereocenters. The molecule has 0 saturated heterocycles. The van der Waals surface area contributed by atoms with Crippen molar-refractivity contribution in [3.63, 3.8) is 0 Å². The fourth-order valence-corrected chi connectivity index (χ4v) is 3.28. The van der Waals surface area contributed by atoms with Gasteiger partial charge in [-0.2, -0.15) is 0 Å². The van der Waals surface area contributed by atoms with E-state index < -0.39 is 0 Å². The fraction of sp³-hybridized carbons (Fsp3) is 0.125. The van der Waals surface area contributed by atoms with E-state index in [-0.39, 0.29) is 0 Å². The van der Waals surface area contributed by atoms with Gasteiger partial charge in [0.2, 0.25) is 0 Å². The van der Waals surface area contributed by atoms with Gasteiger partial charge in [-0.25, -0.2) is 0 Å². The van der Waals surface area contributed by atoms with Gasteiger partial charge in [-0.3, -0.25) is 0 Å². The highest BCUT2D eigenvalue weighted by atomic mass is 35.5. The molecule has 19 heavy (non-hydrogen) atoms. The molecule has 2 aromatic carbocycles. The van der Waals surface area contributed by atoms with Crippen LogP contribution in [0.3, 0.4) is 0 Å². The van der Waals surface area contributed by atoms with Crippen molar-refractivity contribution < 1.29 is 0 Å². The van der Waals surface area contributed by atoms with Crippen molar-refractivity contribution in [2.24, 2.45) is 0 Å². The first kappa shape index (κ1) is 12.5. The highest BCUT2D eigenvalue weighted by molar-refractivity contribution is 7.19. The number of rotatable bonds is 3. The lowest BCUT2D eigenvalue weighted by Crippen LogP contribution is -2.04. The van der Waals surface area contributed by atoms with Gasteiger partial charge < -0.3 is 5.32 Å². The molecule has 0 saturated carbocycles. The molecule has 0 bridgehead atoms. The minimum atomic E-state index is 0.290. The lowest BCUT2D eigenvalue weighted by molar-refractivity contribution is 0.909. The Morgan fingerprint density at radius 3 is 2.53 bits per heavy atom. The number of hydrogen-bond acceptors (Lipinski definition) is 2. The minimum Gasteiger partial charge on any atom is -0.378 e. The van der Waals surface area contributed by atoms with Gasteiger partial charge in [0.1, 0.15) is 0 Å². The van der Waals surface area contributed by atoms with Gasteiger partial charge in [0.25, 0.3) is 0 Å². The average molecular weight is 288 g/mol. The van der Waals surface area contributed by atoms with Crippen LogP contribution in [-0.4, -0.2) is 0 Å². The van der Waals surface area contributed by atoms with Crippen molar-refractivity contribution in [2.75, 3.05) is 5.32 Å². The normalized spacial score (nSPS) is 12.5. The average Bonchev–Trinajstić information content (AvgIpc) is 2.85. The molecule has 1 heterocycles. The van der Waals surface area contributed by atoms with Crippen molar-refractivity contribution in [2.45, 2.75) is 13.0 Å². The van der Waals surface area contributed by atoms with E-state index in [1.807, 2.05) is 35.6 Å². The third kappa shape index (κ3) is 2.75. The van der Waals surface area contributed by atoms with Crippen LogP contribution in [0.2, 0.25) is 5.02 Å². The van der Waals surface area contributed by atoms with Crippen LogP contribution < -0.4 is 5.32 Å². The summed E-state index contributed by atoms with van der Waals surface area (Å²) in [7, 11) is 0. The van der Waals surface area contributed by atoms with Crippen LogP contribution in [0.1, 0.15) is 17.8 Å². The minimum absolute atomic E-state index is 0.290. The lowest BCUT2D eigenvalue weighted by atomic mass is 10.2. The largest absolute Gasteiger partial charge is 0.378 e. The SMILES string of the molecule is CC(Nc1ccc(Cl)cc1)c1cc2ccccc2s1. The number of fused-ring (bicyclic) bond motifs is 1. The second-order valence-electron chi connectivity index (χ2n) is 4.56. The number of nitrogens with one attached hydrogen (secondary N) is 1. The van der Waals surface area contributed by atoms with Gasteiger partial charge in [-0.1, -0.05) is 29.8 Å². The first-order valence-corrected chi connectivity index (χ1v) is 7.42. The number of halogens is 1. The molecule has 0 fully saturated rings. The summed E-state index contributed by atoms with van der Waals surface area (Å²) in [5.74, 6) is 0. The van der Waals surface area contributed by atoms with Gasteiger partial charge in [-0.15, -0.1) is 11.3 Å². The Balaban J connectivity index is 1.83. The van der Waals surface area contributed by atoms with Gasteiger partial charge in [0.05, 0.1) is 6.04 Å². The summed E-state index contributed by atoms with van der Waals surface area (Å²) >= 11 is 7.73. The van der Waals surface area contributed by atoms with Crippen molar-refractivity contribution in [1.29, 1.82) is 0 Å². The zero-order chi connectivity index (χ0) is 13.2. The van der Waals surface area contributed by atoms with E-state index in [0.29, 0.717) is 6.04 Å². The molecule has 0 radical (unpaired) electrons. The molecule has 0 spiro atoms. The summed E-state index contributed by atoms with van der Waals surface area (Å²) in [6.45, 7) is 2.18. The Kier molecular flexibility index (Phi) is 3.45. The maximum atomic E-state index is 5.89. The topological polar surface area (TPSA) is 12.0 Å². The number of hydrogen-bond donors (Lipinski definition) is 1. The highest BCUT2D eigenvalue weighted by Crippen LogP contribution is 2.31. The van der Waals surface area contributed by atoms with E-state index in [2.05, 4.69) is 42.6 Å². The van der Waals surface area contributed by atoms with Crippen LogP contribution in [0, 0.1) is 0 Å². The van der Waals surface area contributed by atoms with Crippen LogP contribution in [0.5, 0.6) is 0 Å². The molecule has 0 aliphatic heterocycles. The van der Waals surface area contributed by atoms with E-state index in [1.165, 1.54) is 15.0 Å². The Morgan fingerprint density at radius 2 is 1.79 bits per heavy atom. The molecule has 0 amide bonds. The number of anilines is 1. The molecule has 1 aromatic heterocycles. The smallest absolute Gasteiger partial charge is 0.0578 e. The molecule has 1 nitrogen and oxygen atoms in total. The zero-order valence-electron chi connectivity index (χ0n) is 10.6. The van der Waals surface area contributed by atoms with Crippen LogP contribution in [-0.2, 0) is 0 Å². The van der Waals surface area contributed by atoms with Crippen molar-refractivity contribution in [1.82, 2.24) is 0 Å². The second-order valence-corrected chi connectivity index (χ2v) is 6.11. The Hall–Kier alpha value is -1.51. The Bertz CT molecular complexity index is 654. The molecular weight excluding hydrogens is 274 g/mol. The van der Waals surface area contributed by atoms with Crippen LogP contribution in [0.4, 0.5) is 5.69 Å². The quantitative estimate of drug-likeness (QED) is 0.649. The van der Waals surface area contributed by atoms with Crippen LogP contribution >= 0.6 is 22.9 Å². The van der Waals surface area contributed by atoms with Crippen molar-refractivity contribution in [3.8, 4) is 0 Å². The first-order valence-electron chi connectivity index (χ1n) is 6.23. The molecule has 0 aliphatic rings. The fourth-order valence-electron chi connectivity index (χ4n) is 2.08. The highest BCUT2D eigenvalue weighted by Gasteiger charge is 2.09. The van der Waals surface area contributed by atoms with Crippen LogP contribution in [0.25, 0.3) is 10.1 Å². The standard InChI is InChI=1S/C16H14ClNS/c1-11(18-14-8-6-13(17)7-9-14)16-10-12-4-2-3-5-15(12)19-16/h2-11,18H,1H3. The van der Waals surface area contributed by atoms with E-state index in [1.54, 1.807) is 0 Å². The molecule has 1 N–H and O–H groups in total. The second kappa shape index (κ2) is 5.24. The summed E-state index contributed by atoms with van der Waals surface area (Å²) in [4.78, 5) is 1.34. The molecule has 3 rings (SSSR count). The third-order valence-electron chi connectivity index (χ3n) is 3.10. The van der Waals surface area contributed by atoms with E-state index >= 15 is 0 Å². The first-order chi connectivity index (χ1) is 9.22.